The molecule has 1 spiro atoms. The molecule has 3 nitrogen and oxygen atoms in total. The molecule has 6 rings (SSSR count). The zero-order chi connectivity index (χ0) is 22.3. The second-order valence-electron chi connectivity index (χ2n) is 8.46. The van der Waals surface area contributed by atoms with E-state index in [1.54, 1.807) is 0 Å². The maximum Gasteiger partial charge on any atom is 0.233 e. The van der Waals surface area contributed by atoms with Crippen LogP contribution in [0.25, 0.3) is 16.7 Å². The van der Waals surface area contributed by atoms with Crippen molar-refractivity contribution in [2.24, 2.45) is 0 Å². The van der Waals surface area contributed by atoms with Gasteiger partial charge in [0.2, 0.25) is 5.79 Å². The van der Waals surface area contributed by atoms with E-state index in [1.165, 1.54) is 0 Å². The summed E-state index contributed by atoms with van der Waals surface area (Å²) in [4.78, 5) is 0. The molecule has 1 heterocycles. The molecule has 1 atom stereocenters. The Morgan fingerprint density at radius 3 is 1.64 bits per heavy atom. The molecule has 33 heavy (non-hydrogen) atoms. The summed E-state index contributed by atoms with van der Waals surface area (Å²) in [5.41, 5.74) is 5.03. The first-order chi connectivity index (χ1) is 16.2. The molecule has 1 N–H and O–H groups in total. The number of aliphatic hydroxyl groups is 1. The molecule has 162 valence electrons. The van der Waals surface area contributed by atoms with Crippen molar-refractivity contribution in [3.8, 4) is 11.1 Å². The minimum Gasteiger partial charge on any atom is -0.375 e. The molecule has 0 amide bonds. The summed E-state index contributed by atoms with van der Waals surface area (Å²) in [5.74, 6) is -1.33. The zero-order valence-electron chi connectivity index (χ0n) is 18.1. The number of benzene rings is 4. The average molecular weight is 433 g/mol. The number of rotatable bonds is 3. The fourth-order valence-corrected chi connectivity index (χ4v) is 5.18. The fraction of sp³-hybridized carbons (Fsp3) is 0.133. The van der Waals surface area contributed by atoms with E-state index >= 15 is 0 Å². The van der Waals surface area contributed by atoms with Gasteiger partial charge in [0.05, 0.1) is 13.2 Å². The molecule has 0 aromatic heterocycles. The third-order valence-electron chi connectivity index (χ3n) is 6.63. The zero-order valence-corrected chi connectivity index (χ0v) is 18.1. The van der Waals surface area contributed by atoms with Gasteiger partial charge >= 0.3 is 0 Å². The van der Waals surface area contributed by atoms with Crippen molar-refractivity contribution in [2.45, 2.75) is 11.4 Å². The maximum atomic E-state index is 12.7. The lowest BCUT2D eigenvalue weighted by molar-refractivity contribution is -0.267. The Hall–Kier alpha value is -3.50. The predicted octanol–water partition coefficient (Wildman–Crippen LogP) is 5.89. The minimum atomic E-state index is -1.55. The summed E-state index contributed by atoms with van der Waals surface area (Å²) >= 11 is 0. The van der Waals surface area contributed by atoms with Gasteiger partial charge in [0.1, 0.15) is 0 Å². The highest BCUT2D eigenvalue weighted by Gasteiger charge is 2.60. The molecular formula is C30H24O3. The molecule has 0 bridgehead atoms. The Morgan fingerprint density at radius 2 is 1.06 bits per heavy atom. The maximum absolute atomic E-state index is 12.7. The van der Waals surface area contributed by atoms with Crippen LogP contribution in [0, 0.1) is 0 Å². The van der Waals surface area contributed by atoms with Crippen LogP contribution in [0.3, 0.4) is 0 Å². The average Bonchev–Trinajstić information content (AvgIpc) is 3.39. The van der Waals surface area contributed by atoms with Crippen molar-refractivity contribution in [3.05, 3.63) is 138 Å². The van der Waals surface area contributed by atoms with Crippen LogP contribution >= 0.6 is 0 Å². The van der Waals surface area contributed by atoms with Gasteiger partial charge in [-0.15, -0.1) is 0 Å². The van der Waals surface area contributed by atoms with Gasteiger partial charge in [0, 0.05) is 11.1 Å². The lowest BCUT2D eigenvalue weighted by Crippen LogP contribution is -2.51. The van der Waals surface area contributed by atoms with Crippen LogP contribution < -0.4 is 0 Å². The Bertz CT molecular complexity index is 1280. The Kier molecular flexibility index (Phi) is 4.77. The van der Waals surface area contributed by atoms with E-state index in [2.05, 4.69) is 36.4 Å². The highest BCUT2D eigenvalue weighted by atomic mass is 16.7. The van der Waals surface area contributed by atoms with Crippen molar-refractivity contribution in [3.63, 3.8) is 0 Å². The third-order valence-corrected chi connectivity index (χ3v) is 6.63. The molecule has 2 aliphatic rings. The van der Waals surface area contributed by atoms with E-state index in [1.807, 2.05) is 78.9 Å². The second-order valence-corrected chi connectivity index (χ2v) is 8.46. The van der Waals surface area contributed by atoms with Crippen molar-refractivity contribution < 1.29 is 14.6 Å². The van der Waals surface area contributed by atoms with Crippen LogP contribution in [0.1, 0.15) is 22.3 Å². The van der Waals surface area contributed by atoms with Gasteiger partial charge in [-0.3, -0.25) is 0 Å². The number of ether oxygens (including phenoxy) is 2. The standard InChI is InChI=1S/C30H24O3/c31-29(21-26(22-11-3-1-4-12-22)23-13-5-2-6-14-23)27-17-9-7-15-24(27)25-16-8-10-18-28(25)30(29)32-19-20-33-30/h1-18,21,31H,19-20H2. The third kappa shape index (κ3) is 3.01. The predicted molar refractivity (Wildman–Crippen MR) is 129 cm³/mol. The molecule has 1 aliphatic heterocycles. The van der Waals surface area contributed by atoms with E-state index in [9.17, 15) is 5.11 Å². The van der Waals surface area contributed by atoms with Gasteiger partial charge in [-0.05, 0) is 33.9 Å². The van der Waals surface area contributed by atoms with Gasteiger partial charge in [-0.1, -0.05) is 109 Å². The molecule has 0 radical (unpaired) electrons. The molecule has 4 aromatic carbocycles. The second kappa shape index (κ2) is 7.82. The summed E-state index contributed by atoms with van der Waals surface area (Å²) in [6.07, 6.45) is 1.93. The van der Waals surface area contributed by atoms with Crippen molar-refractivity contribution in [1.82, 2.24) is 0 Å². The SMILES string of the molecule is OC1(C=C(c2ccccc2)c2ccccc2)c2ccccc2-c2ccccc2C12OCCO2. The number of hydrogen-bond acceptors (Lipinski definition) is 3. The van der Waals surface area contributed by atoms with Crippen LogP contribution in [0.5, 0.6) is 0 Å². The smallest absolute Gasteiger partial charge is 0.233 e. The van der Waals surface area contributed by atoms with E-state index in [4.69, 9.17) is 9.47 Å². The van der Waals surface area contributed by atoms with Crippen LogP contribution in [-0.4, -0.2) is 18.3 Å². The number of hydrogen-bond donors (Lipinski definition) is 1. The Balaban J connectivity index is 1.68. The molecule has 3 heteroatoms. The van der Waals surface area contributed by atoms with Crippen LogP contribution in [-0.2, 0) is 20.9 Å². The van der Waals surface area contributed by atoms with Gasteiger partial charge < -0.3 is 14.6 Å². The minimum absolute atomic E-state index is 0.415. The fourth-order valence-electron chi connectivity index (χ4n) is 5.18. The highest BCUT2D eigenvalue weighted by molar-refractivity contribution is 5.83. The summed E-state index contributed by atoms with van der Waals surface area (Å²) in [7, 11) is 0. The molecular weight excluding hydrogens is 408 g/mol. The molecule has 1 fully saturated rings. The van der Waals surface area contributed by atoms with E-state index in [0.29, 0.717) is 13.2 Å². The molecule has 1 aliphatic carbocycles. The molecule has 1 saturated heterocycles. The van der Waals surface area contributed by atoms with Gasteiger partial charge in [0.25, 0.3) is 0 Å². The molecule has 1 unspecified atom stereocenters. The lowest BCUT2D eigenvalue weighted by atomic mass is 9.69. The number of fused-ring (bicyclic) bond motifs is 4. The quantitative estimate of drug-likeness (QED) is 0.439. The Labute approximate surface area is 193 Å². The molecule has 0 saturated carbocycles. The highest BCUT2D eigenvalue weighted by Crippen LogP contribution is 2.57. The van der Waals surface area contributed by atoms with Crippen molar-refractivity contribution in [2.75, 3.05) is 13.2 Å². The monoisotopic (exact) mass is 432 g/mol. The van der Waals surface area contributed by atoms with Crippen LogP contribution in [0.15, 0.2) is 115 Å². The first kappa shape index (κ1) is 20.1. The van der Waals surface area contributed by atoms with E-state index in [0.717, 1.165) is 39.0 Å². The first-order valence-corrected chi connectivity index (χ1v) is 11.3. The largest absolute Gasteiger partial charge is 0.375 e. The summed E-state index contributed by atoms with van der Waals surface area (Å²) in [6, 6.07) is 36.3. The van der Waals surface area contributed by atoms with E-state index in [-0.39, 0.29) is 0 Å². The van der Waals surface area contributed by atoms with E-state index < -0.39 is 11.4 Å². The van der Waals surface area contributed by atoms with Crippen molar-refractivity contribution in [1.29, 1.82) is 0 Å². The summed E-state index contributed by atoms with van der Waals surface area (Å²) < 4.78 is 12.7. The summed E-state index contributed by atoms with van der Waals surface area (Å²) in [5, 5.41) is 12.7. The Morgan fingerprint density at radius 1 is 0.606 bits per heavy atom. The summed E-state index contributed by atoms with van der Waals surface area (Å²) in [6.45, 7) is 0.831. The topological polar surface area (TPSA) is 38.7 Å². The van der Waals surface area contributed by atoms with Gasteiger partial charge in [-0.2, -0.15) is 0 Å². The first-order valence-electron chi connectivity index (χ1n) is 11.3. The molecule has 4 aromatic rings. The normalized spacial score (nSPS) is 20.2. The lowest BCUT2D eigenvalue weighted by Gasteiger charge is -2.47. The van der Waals surface area contributed by atoms with Gasteiger partial charge in [-0.25, -0.2) is 0 Å². The van der Waals surface area contributed by atoms with Crippen molar-refractivity contribution >= 4 is 5.57 Å². The van der Waals surface area contributed by atoms with Crippen LogP contribution in [0.4, 0.5) is 0 Å². The van der Waals surface area contributed by atoms with Gasteiger partial charge in [0.15, 0.2) is 5.60 Å². The van der Waals surface area contributed by atoms with Crippen LogP contribution in [0.2, 0.25) is 0 Å².